The second-order valence-electron chi connectivity index (χ2n) is 5.90. The Morgan fingerprint density at radius 3 is 2.37 bits per heavy atom. The monoisotopic (exact) mass is 268 g/mol. The summed E-state index contributed by atoms with van der Waals surface area (Å²) in [6.07, 6.45) is 8.43. The van der Waals surface area contributed by atoms with Crippen molar-refractivity contribution in [1.29, 1.82) is 0 Å². The van der Waals surface area contributed by atoms with Crippen LogP contribution in [-0.2, 0) is 9.53 Å². The van der Waals surface area contributed by atoms with Gasteiger partial charge in [0.05, 0.1) is 12.5 Å². The number of nitrogens with zero attached hydrogens (tertiary/aromatic N) is 1. The predicted octanol–water partition coefficient (Wildman–Crippen LogP) is 1.92. The van der Waals surface area contributed by atoms with E-state index in [0.29, 0.717) is 13.2 Å². The van der Waals surface area contributed by atoms with Crippen molar-refractivity contribution >= 4 is 5.97 Å². The number of carbonyl (C=O) groups is 1. The Bertz CT molecular complexity index is 295. The van der Waals surface area contributed by atoms with Crippen LogP contribution in [0.3, 0.4) is 0 Å². The molecule has 0 aromatic carbocycles. The standard InChI is InChI=1S/C15H28N2O2/c1-2-19-14(18)13(12-16)15(8-4-3-5-9-15)17-10-6-7-11-17/h13H,2-12,16H2,1H3/t13-/m0/s1. The average molecular weight is 268 g/mol. The molecule has 1 saturated carbocycles. The van der Waals surface area contributed by atoms with E-state index in [2.05, 4.69) is 4.90 Å². The molecule has 1 saturated heterocycles. The van der Waals surface area contributed by atoms with Crippen molar-refractivity contribution in [2.75, 3.05) is 26.2 Å². The smallest absolute Gasteiger partial charge is 0.312 e. The molecule has 4 nitrogen and oxygen atoms in total. The Balaban J connectivity index is 2.21. The summed E-state index contributed by atoms with van der Waals surface area (Å²) in [6, 6.07) is 0. The van der Waals surface area contributed by atoms with Gasteiger partial charge < -0.3 is 10.5 Å². The van der Waals surface area contributed by atoms with Crippen molar-refractivity contribution in [3.63, 3.8) is 0 Å². The molecule has 2 rings (SSSR count). The summed E-state index contributed by atoms with van der Waals surface area (Å²) in [5.74, 6) is -0.232. The first-order valence-corrected chi connectivity index (χ1v) is 7.86. The van der Waals surface area contributed by atoms with Gasteiger partial charge >= 0.3 is 5.97 Å². The normalized spacial score (nSPS) is 25.2. The molecule has 0 aromatic heterocycles. The van der Waals surface area contributed by atoms with Crippen molar-refractivity contribution in [1.82, 2.24) is 4.90 Å². The van der Waals surface area contributed by atoms with Crippen LogP contribution >= 0.6 is 0 Å². The van der Waals surface area contributed by atoms with Gasteiger partial charge in [-0.25, -0.2) is 0 Å². The Labute approximate surface area is 116 Å². The third-order valence-corrected chi connectivity index (χ3v) is 4.91. The van der Waals surface area contributed by atoms with Gasteiger partial charge in [-0.2, -0.15) is 0 Å². The molecule has 1 atom stereocenters. The zero-order valence-electron chi connectivity index (χ0n) is 12.2. The highest BCUT2D eigenvalue weighted by Crippen LogP contribution is 2.41. The van der Waals surface area contributed by atoms with Gasteiger partial charge in [-0.15, -0.1) is 0 Å². The number of likely N-dealkylation sites (tertiary alicyclic amines) is 1. The Hall–Kier alpha value is -0.610. The van der Waals surface area contributed by atoms with Gasteiger partial charge in [-0.1, -0.05) is 19.3 Å². The molecule has 0 radical (unpaired) electrons. The minimum Gasteiger partial charge on any atom is -0.466 e. The Morgan fingerprint density at radius 1 is 1.21 bits per heavy atom. The summed E-state index contributed by atoms with van der Waals surface area (Å²) >= 11 is 0. The Kier molecular flexibility index (Phi) is 5.22. The maximum absolute atomic E-state index is 12.3. The highest BCUT2D eigenvalue weighted by molar-refractivity contribution is 5.74. The van der Waals surface area contributed by atoms with Gasteiger partial charge in [-0.3, -0.25) is 9.69 Å². The van der Waals surface area contributed by atoms with E-state index in [1.165, 1.54) is 32.1 Å². The summed E-state index contributed by atoms with van der Waals surface area (Å²) in [6.45, 7) is 4.97. The molecule has 1 heterocycles. The van der Waals surface area contributed by atoms with Crippen LogP contribution in [0.15, 0.2) is 0 Å². The van der Waals surface area contributed by atoms with Crippen LogP contribution in [-0.4, -0.2) is 42.6 Å². The van der Waals surface area contributed by atoms with Crippen LogP contribution in [0, 0.1) is 5.92 Å². The molecule has 2 fully saturated rings. The number of hydrogen-bond donors (Lipinski definition) is 1. The molecule has 110 valence electrons. The molecule has 0 unspecified atom stereocenters. The van der Waals surface area contributed by atoms with Gasteiger partial charge in [0.25, 0.3) is 0 Å². The van der Waals surface area contributed by atoms with E-state index >= 15 is 0 Å². The third-order valence-electron chi connectivity index (χ3n) is 4.91. The second-order valence-corrected chi connectivity index (χ2v) is 5.90. The number of esters is 1. The molecule has 4 heteroatoms. The first-order chi connectivity index (χ1) is 9.24. The maximum Gasteiger partial charge on any atom is 0.312 e. The highest BCUT2D eigenvalue weighted by atomic mass is 16.5. The fourth-order valence-corrected chi connectivity index (χ4v) is 3.99. The zero-order chi connectivity index (χ0) is 13.7. The van der Waals surface area contributed by atoms with Crippen LogP contribution in [0.25, 0.3) is 0 Å². The van der Waals surface area contributed by atoms with Crippen LogP contribution in [0.4, 0.5) is 0 Å². The SMILES string of the molecule is CCOC(=O)[C@H](CN)C1(N2CCCC2)CCCCC1. The van der Waals surface area contributed by atoms with Gasteiger partial charge in [0.2, 0.25) is 0 Å². The van der Waals surface area contributed by atoms with Gasteiger partial charge in [0.15, 0.2) is 0 Å². The van der Waals surface area contributed by atoms with Gasteiger partial charge in [0.1, 0.15) is 0 Å². The fraction of sp³-hybridized carbons (Fsp3) is 0.933. The van der Waals surface area contributed by atoms with E-state index < -0.39 is 0 Å². The van der Waals surface area contributed by atoms with Crippen LogP contribution < -0.4 is 5.73 Å². The van der Waals surface area contributed by atoms with Gasteiger partial charge in [0, 0.05) is 12.1 Å². The lowest BCUT2D eigenvalue weighted by Gasteiger charge is -2.48. The molecule has 2 N–H and O–H groups in total. The minimum absolute atomic E-state index is 0.0181. The number of ether oxygens (including phenoxy) is 1. The highest BCUT2D eigenvalue weighted by Gasteiger charge is 2.48. The number of hydrogen-bond acceptors (Lipinski definition) is 4. The van der Waals surface area contributed by atoms with Crippen LogP contribution in [0.2, 0.25) is 0 Å². The van der Waals surface area contributed by atoms with Crippen molar-refractivity contribution in [2.24, 2.45) is 11.7 Å². The molecule has 0 amide bonds. The van der Waals surface area contributed by atoms with E-state index in [-0.39, 0.29) is 17.4 Å². The molecule has 0 aromatic rings. The summed E-state index contributed by atoms with van der Waals surface area (Å²) in [5, 5.41) is 0. The lowest BCUT2D eigenvalue weighted by atomic mass is 9.71. The number of carbonyl (C=O) groups excluding carboxylic acids is 1. The maximum atomic E-state index is 12.3. The van der Waals surface area contributed by atoms with E-state index in [0.717, 1.165) is 25.9 Å². The molecule has 2 aliphatic rings. The third kappa shape index (κ3) is 2.95. The van der Waals surface area contributed by atoms with E-state index in [4.69, 9.17) is 10.5 Å². The fourth-order valence-electron chi connectivity index (χ4n) is 3.99. The lowest BCUT2D eigenvalue weighted by molar-refractivity contribution is -0.155. The lowest BCUT2D eigenvalue weighted by Crippen LogP contribution is -2.58. The molecule has 1 aliphatic carbocycles. The predicted molar refractivity (Wildman–Crippen MR) is 75.8 cm³/mol. The summed E-state index contributed by atoms with van der Waals surface area (Å²) in [7, 11) is 0. The van der Waals surface area contributed by atoms with Crippen molar-refractivity contribution in [3.05, 3.63) is 0 Å². The molecule has 0 bridgehead atoms. The van der Waals surface area contributed by atoms with Crippen molar-refractivity contribution < 1.29 is 9.53 Å². The van der Waals surface area contributed by atoms with E-state index in [9.17, 15) is 4.79 Å². The molecule has 19 heavy (non-hydrogen) atoms. The van der Waals surface area contributed by atoms with Crippen LogP contribution in [0.5, 0.6) is 0 Å². The van der Waals surface area contributed by atoms with E-state index in [1.54, 1.807) is 0 Å². The average Bonchev–Trinajstić information content (AvgIpc) is 2.95. The minimum atomic E-state index is -0.147. The molecule has 0 spiro atoms. The first-order valence-electron chi connectivity index (χ1n) is 7.86. The van der Waals surface area contributed by atoms with Crippen molar-refractivity contribution in [2.45, 2.75) is 57.4 Å². The largest absolute Gasteiger partial charge is 0.466 e. The Morgan fingerprint density at radius 2 is 1.84 bits per heavy atom. The first kappa shape index (κ1) is 14.8. The van der Waals surface area contributed by atoms with E-state index in [1.807, 2.05) is 6.92 Å². The number of rotatable bonds is 5. The molecule has 1 aliphatic heterocycles. The van der Waals surface area contributed by atoms with Crippen molar-refractivity contribution in [3.8, 4) is 0 Å². The quantitative estimate of drug-likeness (QED) is 0.774. The topological polar surface area (TPSA) is 55.6 Å². The zero-order valence-corrected chi connectivity index (χ0v) is 12.2. The number of nitrogens with two attached hydrogens (primary N) is 1. The van der Waals surface area contributed by atoms with Crippen LogP contribution in [0.1, 0.15) is 51.9 Å². The summed E-state index contributed by atoms with van der Waals surface area (Å²) in [4.78, 5) is 14.8. The molecular formula is C15H28N2O2. The molecular weight excluding hydrogens is 240 g/mol. The summed E-state index contributed by atoms with van der Waals surface area (Å²) < 4.78 is 5.29. The van der Waals surface area contributed by atoms with Gasteiger partial charge in [-0.05, 0) is 45.7 Å². The summed E-state index contributed by atoms with van der Waals surface area (Å²) in [5.41, 5.74) is 5.94. The second kappa shape index (κ2) is 6.71.